The molecule has 4 rings (SSSR count). The minimum Gasteiger partial charge on any atom is -0.496 e. The van der Waals surface area contributed by atoms with E-state index >= 15 is 0 Å². The minimum absolute atomic E-state index is 0.166. The molecule has 174 valence electrons. The van der Waals surface area contributed by atoms with Crippen molar-refractivity contribution in [3.8, 4) is 11.8 Å². The third-order valence-corrected chi connectivity index (χ3v) is 7.03. The zero-order valence-electron chi connectivity index (χ0n) is 19.1. The second kappa shape index (κ2) is 9.65. The van der Waals surface area contributed by atoms with Crippen LogP contribution in [-0.2, 0) is 9.59 Å². The molecule has 1 saturated carbocycles. The van der Waals surface area contributed by atoms with E-state index < -0.39 is 12.1 Å². The molecule has 1 aromatic carbocycles. The van der Waals surface area contributed by atoms with Crippen LogP contribution in [0.25, 0.3) is 10.9 Å². The van der Waals surface area contributed by atoms with Gasteiger partial charge in [-0.2, -0.15) is 5.26 Å². The second-order valence-electron chi connectivity index (χ2n) is 9.07. The number of nitrogens with one attached hydrogen (secondary N) is 2. The molecule has 1 saturated heterocycles. The molecule has 8 nitrogen and oxygen atoms in total. The lowest BCUT2D eigenvalue weighted by atomic mass is 9.97. The number of Topliss-reactive ketones (excluding diaryl/α,β-unsaturated/α-hetero) is 1. The van der Waals surface area contributed by atoms with Crippen molar-refractivity contribution in [2.75, 3.05) is 13.7 Å². The summed E-state index contributed by atoms with van der Waals surface area (Å²) in [7, 11) is 1.58. The molecule has 2 fully saturated rings. The zero-order valence-corrected chi connectivity index (χ0v) is 19.1. The number of aromatic amines is 1. The summed E-state index contributed by atoms with van der Waals surface area (Å²) >= 11 is 0. The van der Waals surface area contributed by atoms with E-state index in [9.17, 15) is 19.6 Å². The third-order valence-electron chi connectivity index (χ3n) is 7.03. The molecule has 4 unspecified atom stereocenters. The van der Waals surface area contributed by atoms with E-state index in [1.54, 1.807) is 18.1 Å². The summed E-state index contributed by atoms with van der Waals surface area (Å²) in [5.74, 6) is 0.307. The Labute approximate surface area is 193 Å². The maximum Gasteiger partial charge on any atom is 0.270 e. The van der Waals surface area contributed by atoms with Gasteiger partial charge in [-0.05, 0) is 49.8 Å². The van der Waals surface area contributed by atoms with Crippen LogP contribution in [0.3, 0.4) is 0 Å². The number of H-pyrrole nitrogens is 1. The first kappa shape index (κ1) is 22.8. The van der Waals surface area contributed by atoms with Crippen LogP contribution in [-0.4, -0.2) is 53.2 Å². The Morgan fingerprint density at radius 1 is 1.39 bits per heavy atom. The smallest absolute Gasteiger partial charge is 0.270 e. The fourth-order valence-corrected chi connectivity index (χ4v) is 5.10. The number of aromatic nitrogens is 1. The van der Waals surface area contributed by atoms with Crippen LogP contribution in [0, 0.1) is 23.2 Å². The van der Waals surface area contributed by atoms with Crippen LogP contribution in [0.5, 0.6) is 5.75 Å². The molecule has 33 heavy (non-hydrogen) atoms. The Hall–Kier alpha value is -3.34. The number of carbonyl (C=O) groups excluding carboxylic acids is 3. The molecule has 2 aliphatic rings. The number of amides is 2. The molecular formula is C25H30N4O4. The average Bonchev–Trinajstić information content (AvgIpc) is 3.55. The standard InChI is InChI=1S/C25H30N4O4/c1-3-15-10-21(24(31)27-17(13-26)11-16-6-4-8-22(16)30)29(14-15)25(32)20-12-18-19(28-20)7-5-9-23(18)33-2/h5,7,9,12,15-17,21,28H,3-4,6,8,10-11,14H2,1-2H3,(H,27,31). The van der Waals surface area contributed by atoms with Crippen molar-refractivity contribution in [1.29, 1.82) is 5.26 Å². The first-order valence-electron chi connectivity index (χ1n) is 11.6. The Balaban J connectivity index is 1.52. The number of ketones is 1. The summed E-state index contributed by atoms with van der Waals surface area (Å²) in [6.07, 6.45) is 3.90. The number of rotatable bonds is 7. The van der Waals surface area contributed by atoms with Gasteiger partial charge in [0, 0.05) is 29.8 Å². The highest BCUT2D eigenvalue weighted by atomic mass is 16.5. The molecule has 2 heterocycles. The number of nitrogens with zero attached hydrogens (tertiary/aromatic N) is 2. The number of fused-ring (bicyclic) bond motifs is 1. The van der Waals surface area contributed by atoms with Crippen molar-refractivity contribution in [2.45, 2.75) is 57.5 Å². The lowest BCUT2D eigenvalue weighted by Gasteiger charge is -2.25. The first-order valence-corrected chi connectivity index (χ1v) is 11.6. The van der Waals surface area contributed by atoms with E-state index in [4.69, 9.17) is 4.74 Å². The zero-order chi connectivity index (χ0) is 23.5. The van der Waals surface area contributed by atoms with Crippen LogP contribution in [0.1, 0.15) is 55.9 Å². The molecule has 0 radical (unpaired) electrons. The Kier molecular flexibility index (Phi) is 6.68. The molecular weight excluding hydrogens is 420 g/mol. The third kappa shape index (κ3) is 4.58. The highest BCUT2D eigenvalue weighted by Crippen LogP contribution is 2.31. The number of likely N-dealkylation sites (tertiary alicyclic amines) is 1. The fraction of sp³-hybridized carbons (Fsp3) is 0.520. The molecule has 0 bridgehead atoms. The van der Waals surface area contributed by atoms with Gasteiger partial charge < -0.3 is 19.9 Å². The van der Waals surface area contributed by atoms with Crippen LogP contribution < -0.4 is 10.1 Å². The van der Waals surface area contributed by atoms with Crippen molar-refractivity contribution in [3.05, 3.63) is 30.0 Å². The molecule has 1 aliphatic carbocycles. The van der Waals surface area contributed by atoms with E-state index in [-0.39, 0.29) is 29.4 Å². The van der Waals surface area contributed by atoms with Gasteiger partial charge in [-0.1, -0.05) is 19.4 Å². The summed E-state index contributed by atoms with van der Waals surface area (Å²) in [6.45, 7) is 2.53. The van der Waals surface area contributed by atoms with Crippen LogP contribution in [0.2, 0.25) is 0 Å². The summed E-state index contributed by atoms with van der Waals surface area (Å²) in [5.41, 5.74) is 1.19. The highest BCUT2D eigenvalue weighted by Gasteiger charge is 2.40. The largest absolute Gasteiger partial charge is 0.496 e. The predicted molar refractivity (Wildman–Crippen MR) is 123 cm³/mol. The average molecular weight is 451 g/mol. The number of hydrogen-bond donors (Lipinski definition) is 2. The quantitative estimate of drug-likeness (QED) is 0.672. The van der Waals surface area contributed by atoms with Crippen molar-refractivity contribution in [2.24, 2.45) is 11.8 Å². The van der Waals surface area contributed by atoms with Gasteiger partial charge in [0.05, 0.1) is 13.2 Å². The van der Waals surface area contributed by atoms with E-state index in [2.05, 4.69) is 16.4 Å². The number of nitriles is 1. The van der Waals surface area contributed by atoms with E-state index in [0.717, 1.165) is 30.2 Å². The van der Waals surface area contributed by atoms with Gasteiger partial charge in [0.15, 0.2) is 0 Å². The van der Waals surface area contributed by atoms with Crippen LogP contribution in [0.15, 0.2) is 24.3 Å². The van der Waals surface area contributed by atoms with E-state index in [1.165, 1.54) is 0 Å². The molecule has 2 aromatic rings. The van der Waals surface area contributed by atoms with Gasteiger partial charge in [0.2, 0.25) is 5.91 Å². The monoisotopic (exact) mass is 450 g/mol. The maximum atomic E-state index is 13.4. The highest BCUT2D eigenvalue weighted by molar-refractivity contribution is 6.01. The van der Waals surface area contributed by atoms with Gasteiger partial charge in [-0.15, -0.1) is 0 Å². The Morgan fingerprint density at radius 3 is 2.88 bits per heavy atom. The van der Waals surface area contributed by atoms with Gasteiger partial charge in [-0.25, -0.2) is 0 Å². The Morgan fingerprint density at radius 2 is 2.21 bits per heavy atom. The predicted octanol–water partition coefficient (Wildman–Crippen LogP) is 3.18. The van der Waals surface area contributed by atoms with Crippen LogP contribution in [0.4, 0.5) is 0 Å². The number of methoxy groups -OCH3 is 1. The lowest BCUT2D eigenvalue weighted by molar-refractivity contribution is -0.126. The van der Waals surface area contributed by atoms with Crippen molar-refractivity contribution in [3.63, 3.8) is 0 Å². The maximum absolute atomic E-state index is 13.4. The molecule has 0 spiro atoms. The summed E-state index contributed by atoms with van der Waals surface area (Å²) in [5, 5.41) is 13.2. The molecule has 1 aliphatic heterocycles. The topological polar surface area (TPSA) is 115 Å². The molecule has 2 amide bonds. The normalized spacial score (nSPS) is 23.5. The van der Waals surface area contributed by atoms with Gasteiger partial charge in [-0.3, -0.25) is 14.4 Å². The molecule has 4 atom stereocenters. The Bertz CT molecular complexity index is 1100. The molecule has 1 aromatic heterocycles. The van der Waals surface area contributed by atoms with Crippen molar-refractivity contribution < 1.29 is 19.1 Å². The van der Waals surface area contributed by atoms with Gasteiger partial charge >= 0.3 is 0 Å². The first-order chi connectivity index (χ1) is 15.9. The molecule has 8 heteroatoms. The number of hydrogen-bond acceptors (Lipinski definition) is 5. The van der Waals surface area contributed by atoms with Crippen molar-refractivity contribution in [1.82, 2.24) is 15.2 Å². The van der Waals surface area contributed by atoms with Gasteiger partial charge in [0.25, 0.3) is 5.91 Å². The minimum atomic E-state index is -0.737. The number of ether oxygens (including phenoxy) is 1. The van der Waals surface area contributed by atoms with Gasteiger partial charge in [0.1, 0.15) is 29.3 Å². The molecule has 2 N–H and O–H groups in total. The number of carbonyl (C=O) groups is 3. The second-order valence-corrected chi connectivity index (χ2v) is 9.07. The van der Waals surface area contributed by atoms with E-state index in [0.29, 0.717) is 37.3 Å². The SMILES string of the molecule is CCC1CC(C(=O)NC(C#N)CC2CCCC2=O)N(C(=O)c2cc3c(OC)cccc3[nH]2)C1. The fourth-order valence-electron chi connectivity index (χ4n) is 5.10. The van der Waals surface area contributed by atoms with Crippen molar-refractivity contribution >= 4 is 28.5 Å². The summed E-state index contributed by atoms with van der Waals surface area (Å²) in [6, 6.07) is 8.06. The summed E-state index contributed by atoms with van der Waals surface area (Å²) < 4.78 is 5.39. The number of benzene rings is 1. The van der Waals surface area contributed by atoms with E-state index in [1.807, 2.05) is 25.1 Å². The lowest BCUT2D eigenvalue weighted by Crippen LogP contribution is -2.49. The van der Waals surface area contributed by atoms with Crippen LogP contribution >= 0.6 is 0 Å². The summed E-state index contributed by atoms with van der Waals surface area (Å²) in [4.78, 5) is 43.4.